The van der Waals surface area contributed by atoms with Gasteiger partial charge in [-0.3, -0.25) is 0 Å². The Kier molecular flexibility index (Phi) is 4.43. The molecule has 0 aromatic rings. The van der Waals surface area contributed by atoms with Crippen LogP contribution in [-0.4, -0.2) is 12.2 Å². The second-order valence-corrected chi connectivity index (χ2v) is 5.55. The third-order valence-corrected chi connectivity index (χ3v) is 3.40. The fourth-order valence-corrected chi connectivity index (χ4v) is 2.62. The summed E-state index contributed by atoms with van der Waals surface area (Å²) in [6.07, 6.45) is 4.87. The number of ether oxygens (including phenoxy) is 1. The van der Waals surface area contributed by atoms with Gasteiger partial charge in [0.15, 0.2) is 0 Å². The zero-order chi connectivity index (χ0) is 10.7. The van der Waals surface area contributed by atoms with Crippen molar-refractivity contribution >= 4 is 0 Å². The minimum atomic E-state index is 0.384. The van der Waals surface area contributed by atoms with Crippen LogP contribution in [0.1, 0.15) is 53.9 Å². The quantitative estimate of drug-likeness (QED) is 0.669. The van der Waals surface area contributed by atoms with Crippen molar-refractivity contribution in [2.45, 2.75) is 66.1 Å². The molecule has 0 heterocycles. The summed E-state index contributed by atoms with van der Waals surface area (Å²) >= 11 is 0. The summed E-state index contributed by atoms with van der Waals surface area (Å²) in [6.45, 7) is 11.3. The number of rotatable bonds is 3. The fourth-order valence-electron chi connectivity index (χ4n) is 2.62. The van der Waals surface area contributed by atoms with Gasteiger partial charge in [0.1, 0.15) is 0 Å². The number of hydrogen-bond donors (Lipinski definition) is 0. The van der Waals surface area contributed by atoms with Crippen LogP contribution in [0.15, 0.2) is 0 Å². The molecule has 0 N–H and O–H groups in total. The van der Waals surface area contributed by atoms with Crippen molar-refractivity contribution in [3.8, 4) is 0 Å². The first-order valence-electron chi connectivity index (χ1n) is 6.16. The summed E-state index contributed by atoms with van der Waals surface area (Å²) in [5.41, 5.74) is 0. The molecule has 0 bridgehead atoms. The van der Waals surface area contributed by atoms with Crippen LogP contribution in [0.3, 0.4) is 0 Å². The zero-order valence-electron chi connectivity index (χ0n) is 10.4. The Balaban J connectivity index is 2.53. The standard InChI is InChI=1S/C13H26O/c1-9(2)12-8-11(5)6-7-13(12)14-10(3)4/h9-13H,6-8H2,1-5H3/t11-,12-,13-/m0/s1. The highest BCUT2D eigenvalue weighted by molar-refractivity contribution is 4.81. The lowest BCUT2D eigenvalue weighted by Gasteiger charge is -2.38. The van der Waals surface area contributed by atoms with Crippen LogP contribution in [0, 0.1) is 17.8 Å². The fraction of sp³-hybridized carbons (Fsp3) is 1.00. The van der Waals surface area contributed by atoms with Gasteiger partial charge in [0.2, 0.25) is 0 Å². The lowest BCUT2D eigenvalue weighted by Crippen LogP contribution is -2.35. The summed E-state index contributed by atoms with van der Waals surface area (Å²) < 4.78 is 6.01. The van der Waals surface area contributed by atoms with Crippen LogP contribution in [0.5, 0.6) is 0 Å². The maximum absolute atomic E-state index is 6.01. The van der Waals surface area contributed by atoms with E-state index in [1.54, 1.807) is 0 Å². The molecule has 0 unspecified atom stereocenters. The van der Waals surface area contributed by atoms with E-state index in [2.05, 4.69) is 34.6 Å². The van der Waals surface area contributed by atoms with E-state index in [1.165, 1.54) is 19.3 Å². The highest BCUT2D eigenvalue weighted by Crippen LogP contribution is 2.35. The van der Waals surface area contributed by atoms with Crippen LogP contribution in [-0.2, 0) is 4.74 Å². The van der Waals surface area contributed by atoms with Gasteiger partial charge in [-0.2, -0.15) is 0 Å². The highest BCUT2D eigenvalue weighted by Gasteiger charge is 2.31. The maximum Gasteiger partial charge on any atom is 0.0609 e. The summed E-state index contributed by atoms with van der Waals surface area (Å²) in [5.74, 6) is 2.44. The van der Waals surface area contributed by atoms with Gasteiger partial charge in [-0.25, -0.2) is 0 Å². The topological polar surface area (TPSA) is 9.23 Å². The van der Waals surface area contributed by atoms with Crippen molar-refractivity contribution < 1.29 is 4.74 Å². The van der Waals surface area contributed by atoms with Crippen molar-refractivity contribution in [1.29, 1.82) is 0 Å². The molecule has 3 atom stereocenters. The predicted octanol–water partition coefficient (Wildman–Crippen LogP) is 3.87. The molecule has 0 amide bonds. The summed E-state index contributed by atoms with van der Waals surface area (Å²) in [5, 5.41) is 0. The molecule has 0 aromatic carbocycles. The molecule has 0 saturated heterocycles. The molecule has 0 radical (unpaired) electrons. The first kappa shape index (κ1) is 12.0. The molecule has 1 nitrogen and oxygen atoms in total. The van der Waals surface area contributed by atoms with Gasteiger partial charge in [-0.1, -0.05) is 20.8 Å². The summed E-state index contributed by atoms with van der Waals surface area (Å²) in [4.78, 5) is 0. The van der Waals surface area contributed by atoms with Crippen LogP contribution < -0.4 is 0 Å². The van der Waals surface area contributed by atoms with Crippen LogP contribution in [0.25, 0.3) is 0 Å². The Morgan fingerprint density at radius 2 is 1.71 bits per heavy atom. The van der Waals surface area contributed by atoms with E-state index in [0.29, 0.717) is 12.2 Å². The Morgan fingerprint density at radius 3 is 2.21 bits per heavy atom. The van der Waals surface area contributed by atoms with E-state index >= 15 is 0 Å². The summed E-state index contributed by atoms with van der Waals surface area (Å²) in [6, 6.07) is 0. The van der Waals surface area contributed by atoms with E-state index in [4.69, 9.17) is 4.74 Å². The van der Waals surface area contributed by atoms with Gasteiger partial charge in [0.05, 0.1) is 12.2 Å². The molecule has 1 saturated carbocycles. The molecule has 1 aliphatic carbocycles. The first-order valence-corrected chi connectivity index (χ1v) is 6.16. The van der Waals surface area contributed by atoms with Gasteiger partial charge < -0.3 is 4.74 Å². The lowest BCUT2D eigenvalue weighted by molar-refractivity contribution is -0.0653. The van der Waals surface area contributed by atoms with Gasteiger partial charge >= 0.3 is 0 Å². The molecular formula is C13H26O. The smallest absolute Gasteiger partial charge is 0.0609 e. The molecule has 0 aliphatic heterocycles. The van der Waals surface area contributed by atoms with Gasteiger partial charge in [0.25, 0.3) is 0 Å². The highest BCUT2D eigenvalue weighted by atomic mass is 16.5. The molecule has 84 valence electrons. The number of hydrogen-bond acceptors (Lipinski definition) is 1. The largest absolute Gasteiger partial charge is 0.375 e. The zero-order valence-corrected chi connectivity index (χ0v) is 10.4. The third kappa shape index (κ3) is 3.27. The molecule has 1 heteroatoms. The SMILES string of the molecule is CC(C)O[C@H]1CC[C@H](C)C[C@H]1C(C)C. The van der Waals surface area contributed by atoms with Gasteiger partial charge in [-0.05, 0) is 50.9 Å². The van der Waals surface area contributed by atoms with Gasteiger partial charge in [-0.15, -0.1) is 0 Å². The van der Waals surface area contributed by atoms with E-state index in [-0.39, 0.29) is 0 Å². The Bertz CT molecular complexity index is 163. The molecule has 1 aliphatic rings. The molecular weight excluding hydrogens is 172 g/mol. The van der Waals surface area contributed by atoms with E-state index < -0.39 is 0 Å². The van der Waals surface area contributed by atoms with Gasteiger partial charge in [0, 0.05) is 0 Å². The Labute approximate surface area is 89.2 Å². The third-order valence-electron chi connectivity index (χ3n) is 3.40. The maximum atomic E-state index is 6.01. The lowest BCUT2D eigenvalue weighted by atomic mass is 9.75. The molecule has 1 fully saturated rings. The van der Waals surface area contributed by atoms with Crippen molar-refractivity contribution in [2.75, 3.05) is 0 Å². The van der Waals surface area contributed by atoms with Crippen LogP contribution in [0.4, 0.5) is 0 Å². The van der Waals surface area contributed by atoms with Crippen molar-refractivity contribution in [1.82, 2.24) is 0 Å². The predicted molar refractivity (Wildman–Crippen MR) is 61.4 cm³/mol. The monoisotopic (exact) mass is 198 g/mol. The van der Waals surface area contributed by atoms with Crippen molar-refractivity contribution in [3.63, 3.8) is 0 Å². The average Bonchev–Trinajstić information content (AvgIpc) is 2.07. The molecule has 0 aromatic heterocycles. The first-order chi connectivity index (χ1) is 6.50. The van der Waals surface area contributed by atoms with E-state index in [0.717, 1.165) is 17.8 Å². The van der Waals surface area contributed by atoms with Crippen LogP contribution >= 0.6 is 0 Å². The minimum absolute atomic E-state index is 0.384. The Morgan fingerprint density at radius 1 is 1.07 bits per heavy atom. The van der Waals surface area contributed by atoms with Crippen molar-refractivity contribution in [3.05, 3.63) is 0 Å². The molecule has 1 rings (SSSR count). The van der Waals surface area contributed by atoms with Crippen molar-refractivity contribution in [2.24, 2.45) is 17.8 Å². The van der Waals surface area contributed by atoms with E-state index in [9.17, 15) is 0 Å². The second kappa shape index (κ2) is 5.16. The normalized spacial score (nSPS) is 34.1. The minimum Gasteiger partial charge on any atom is -0.375 e. The van der Waals surface area contributed by atoms with Crippen LogP contribution in [0.2, 0.25) is 0 Å². The Hall–Kier alpha value is -0.0400. The average molecular weight is 198 g/mol. The van der Waals surface area contributed by atoms with E-state index in [1.807, 2.05) is 0 Å². The second-order valence-electron chi connectivity index (χ2n) is 5.55. The molecule has 0 spiro atoms. The molecule has 14 heavy (non-hydrogen) atoms. The summed E-state index contributed by atoms with van der Waals surface area (Å²) in [7, 11) is 0.